The van der Waals surface area contributed by atoms with Gasteiger partial charge >= 0.3 is 0 Å². The Labute approximate surface area is 128 Å². The summed E-state index contributed by atoms with van der Waals surface area (Å²) in [7, 11) is 1.69. The second kappa shape index (κ2) is 6.95. The van der Waals surface area contributed by atoms with E-state index in [1.165, 1.54) is 11.1 Å². The summed E-state index contributed by atoms with van der Waals surface area (Å²) in [6.07, 6.45) is 1.08. The Morgan fingerprint density at radius 3 is 2.65 bits per heavy atom. The van der Waals surface area contributed by atoms with E-state index < -0.39 is 0 Å². The number of hydrogen-bond acceptors (Lipinski definition) is 3. The van der Waals surface area contributed by atoms with Gasteiger partial charge in [0.05, 0.1) is 13.2 Å². The Bertz CT molecular complexity index is 565. The van der Waals surface area contributed by atoms with Crippen LogP contribution in [0, 0.1) is 6.92 Å². The van der Waals surface area contributed by atoms with E-state index in [1.54, 1.807) is 7.11 Å². The molecule has 2 rings (SSSR count). The van der Waals surface area contributed by atoms with Crippen LogP contribution in [0.5, 0.6) is 5.75 Å². The lowest BCUT2D eigenvalue weighted by atomic mass is 9.99. The van der Waals surface area contributed by atoms with Crippen LogP contribution in [0.15, 0.2) is 39.4 Å². The quantitative estimate of drug-likeness (QED) is 0.845. The van der Waals surface area contributed by atoms with Crippen LogP contribution in [-0.4, -0.2) is 13.7 Å². The molecule has 2 aromatic rings. The smallest absolute Gasteiger partial charge is 0.169 e. The number of rotatable bonds is 6. The van der Waals surface area contributed by atoms with E-state index in [0.29, 0.717) is 0 Å². The molecule has 1 atom stereocenters. The molecule has 0 saturated carbocycles. The van der Waals surface area contributed by atoms with Crippen LogP contribution in [0.2, 0.25) is 0 Å². The number of halogens is 1. The Kier molecular flexibility index (Phi) is 5.26. The van der Waals surface area contributed by atoms with Crippen LogP contribution in [0.3, 0.4) is 0 Å². The molecule has 1 unspecified atom stereocenters. The summed E-state index contributed by atoms with van der Waals surface area (Å²) in [6.45, 7) is 5.19. The molecule has 0 saturated heterocycles. The summed E-state index contributed by atoms with van der Waals surface area (Å²) in [5.74, 6) is 1.79. The van der Waals surface area contributed by atoms with E-state index in [9.17, 15) is 0 Å². The van der Waals surface area contributed by atoms with Gasteiger partial charge in [-0.2, -0.15) is 0 Å². The molecule has 1 N–H and O–H groups in total. The second-order valence-corrected chi connectivity index (χ2v) is 5.53. The number of nitrogens with one attached hydrogen (secondary N) is 1. The molecule has 1 aromatic heterocycles. The first-order chi connectivity index (χ1) is 9.65. The van der Waals surface area contributed by atoms with Crippen molar-refractivity contribution in [1.29, 1.82) is 0 Å². The highest BCUT2D eigenvalue weighted by atomic mass is 79.9. The first-order valence-electron chi connectivity index (χ1n) is 6.79. The Balaban J connectivity index is 2.35. The van der Waals surface area contributed by atoms with Crippen molar-refractivity contribution in [3.05, 3.63) is 51.9 Å². The topological polar surface area (TPSA) is 34.4 Å². The predicted octanol–water partition coefficient (Wildman–Crippen LogP) is 4.45. The zero-order valence-corrected chi connectivity index (χ0v) is 13.7. The molecule has 0 aliphatic rings. The molecule has 0 fully saturated rings. The van der Waals surface area contributed by atoms with E-state index in [1.807, 2.05) is 24.3 Å². The molecule has 1 aromatic carbocycles. The number of methoxy groups -OCH3 is 1. The van der Waals surface area contributed by atoms with Crippen LogP contribution in [0.4, 0.5) is 0 Å². The number of furan rings is 1. The standard InChI is InChI=1S/C16H20BrNO2/c1-4-9-18-16(14-7-8-15(17)20-14)13-6-5-12(19-3)10-11(13)2/h5-8,10,16,18H,4,9H2,1-3H3. The van der Waals surface area contributed by atoms with Crippen molar-refractivity contribution >= 4 is 15.9 Å². The highest BCUT2D eigenvalue weighted by Crippen LogP contribution is 2.30. The Morgan fingerprint density at radius 2 is 2.10 bits per heavy atom. The third-order valence-electron chi connectivity index (χ3n) is 3.26. The number of benzene rings is 1. The molecule has 1 heterocycles. The van der Waals surface area contributed by atoms with Gasteiger partial charge < -0.3 is 14.5 Å². The minimum atomic E-state index is 0.0622. The highest BCUT2D eigenvalue weighted by Gasteiger charge is 2.19. The van der Waals surface area contributed by atoms with Gasteiger partial charge in [0.25, 0.3) is 0 Å². The lowest BCUT2D eigenvalue weighted by Crippen LogP contribution is -2.23. The van der Waals surface area contributed by atoms with Gasteiger partial charge in [-0.25, -0.2) is 0 Å². The molecule has 0 amide bonds. The van der Waals surface area contributed by atoms with Crippen molar-refractivity contribution in [2.45, 2.75) is 26.3 Å². The fraction of sp³-hybridized carbons (Fsp3) is 0.375. The molecule has 108 valence electrons. The monoisotopic (exact) mass is 337 g/mol. The molecule has 0 aliphatic heterocycles. The molecule has 0 spiro atoms. The van der Waals surface area contributed by atoms with Gasteiger partial charge in [-0.05, 0) is 71.2 Å². The zero-order chi connectivity index (χ0) is 14.5. The lowest BCUT2D eigenvalue weighted by molar-refractivity contribution is 0.412. The van der Waals surface area contributed by atoms with Gasteiger partial charge in [0.2, 0.25) is 0 Å². The molecule has 20 heavy (non-hydrogen) atoms. The van der Waals surface area contributed by atoms with Crippen LogP contribution in [-0.2, 0) is 0 Å². The first-order valence-corrected chi connectivity index (χ1v) is 7.58. The summed E-state index contributed by atoms with van der Waals surface area (Å²) in [6, 6.07) is 10.1. The van der Waals surface area contributed by atoms with Gasteiger partial charge in [0.15, 0.2) is 4.67 Å². The van der Waals surface area contributed by atoms with E-state index >= 15 is 0 Å². The van der Waals surface area contributed by atoms with Crippen LogP contribution >= 0.6 is 15.9 Å². The molecule has 0 radical (unpaired) electrons. The van der Waals surface area contributed by atoms with Crippen LogP contribution in [0.25, 0.3) is 0 Å². The minimum Gasteiger partial charge on any atom is -0.497 e. The van der Waals surface area contributed by atoms with Gasteiger partial charge in [-0.1, -0.05) is 13.0 Å². The maximum absolute atomic E-state index is 5.73. The van der Waals surface area contributed by atoms with Crippen molar-refractivity contribution in [1.82, 2.24) is 5.32 Å². The van der Waals surface area contributed by atoms with Crippen molar-refractivity contribution in [2.24, 2.45) is 0 Å². The summed E-state index contributed by atoms with van der Waals surface area (Å²) in [4.78, 5) is 0. The van der Waals surface area contributed by atoms with Crippen molar-refractivity contribution in [3.63, 3.8) is 0 Å². The largest absolute Gasteiger partial charge is 0.497 e. The third-order valence-corrected chi connectivity index (χ3v) is 3.69. The predicted molar refractivity (Wildman–Crippen MR) is 84.3 cm³/mol. The normalized spacial score (nSPS) is 12.4. The molecule has 3 nitrogen and oxygen atoms in total. The fourth-order valence-electron chi connectivity index (χ4n) is 2.23. The third kappa shape index (κ3) is 3.44. The van der Waals surface area contributed by atoms with Gasteiger partial charge in [-0.3, -0.25) is 0 Å². The maximum Gasteiger partial charge on any atom is 0.169 e. The van der Waals surface area contributed by atoms with Crippen LogP contribution in [0.1, 0.15) is 36.3 Å². The molecule has 4 heteroatoms. The highest BCUT2D eigenvalue weighted by molar-refractivity contribution is 9.10. The summed E-state index contributed by atoms with van der Waals surface area (Å²) < 4.78 is 11.8. The van der Waals surface area contributed by atoms with Crippen LogP contribution < -0.4 is 10.1 Å². The summed E-state index contributed by atoms with van der Waals surface area (Å²) in [5, 5.41) is 3.54. The van der Waals surface area contributed by atoms with E-state index in [4.69, 9.17) is 9.15 Å². The summed E-state index contributed by atoms with van der Waals surface area (Å²) in [5.41, 5.74) is 2.39. The second-order valence-electron chi connectivity index (χ2n) is 4.75. The molecular formula is C16H20BrNO2. The number of aryl methyl sites for hydroxylation is 1. The molecule has 0 bridgehead atoms. The van der Waals surface area contributed by atoms with Gasteiger partial charge in [-0.15, -0.1) is 0 Å². The Hall–Kier alpha value is -1.26. The number of ether oxygens (including phenoxy) is 1. The van der Waals surface area contributed by atoms with Gasteiger partial charge in [0, 0.05) is 0 Å². The number of hydrogen-bond donors (Lipinski definition) is 1. The van der Waals surface area contributed by atoms with Crippen molar-refractivity contribution in [2.75, 3.05) is 13.7 Å². The zero-order valence-electron chi connectivity index (χ0n) is 12.1. The molecule has 0 aliphatic carbocycles. The SMILES string of the molecule is CCCNC(c1ccc(Br)o1)c1ccc(OC)cc1C. The average molecular weight is 338 g/mol. The fourth-order valence-corrected chi connectivity index (χ4v) is 2.55. The molecular weight excluding hydrogens is 318 g/mol. The van der Waals surface area contributed by atoms with E-state index in [2.05, 4.69) is 41.2 Å². The minimum absolute atomic E-state index is 0.0622. The van der Waals surface area contributed by atoms with Gasteiger partial charge in [0.1, 0.15) is 11.5 Å². The average Bonchev–Trinajstić information content (AvgIpc) is 2.87. The van der Waals surface area contributed by atoms with Crippen molar-refractivity contribution in [3.8, 4) is 5.75 Å². The maximum atomic E-state index is 5.73. The first kappa shape index (κ1) is 15.1. The van der Waals surface area contributed by atoms with Crippen molar-refractivity contribution < 1.29 is 9.15 Å². The summed E-state index contributed by atoms with van der Waals surface area (Å²) >= 11 is 3.37. The lowest BCUT2D eigenvalue weighted by Gasteiger charge is -2.19. The van der Waals surface area contributed by atoms with E-state index in [0.717, 1.165) is 29.1 Å². The van der Waals surface area contributed by atoms with E-state index in [-0.39, 0.29) is 6.04 Å². The Morgan fingerprint density at radius 1 is 1.30 bits per heavy atom.